The molecule has 4 nitrogen and oxygen atoms in total. The summed E-state index contributed by atoms with van der Waals surface area (Å²) < 4.78 is 6.20. The number of aromatic carboxylic acids is 1. The Morgan fingerprint density at radius 2 is 1.96 bits per heavy atom. The zero-order valence-electron chi connectivity index (χ0n) is 14.4. The summed E-state index contributed by atoms with van der Waals surface area (Å²) in [6.45, 7) is 10.0. The van der Waals surface area contributed by atoms with Crippen LogP contribution in [0.15, 0.2) is 17.7 Å². The maximum atomic E-state index is 11.6. The van der Waals surface area contributed by atoms with Crippen molar-refractivity contribution in [1.82, 2.24) is 0 Å². The Bertz CT molecular complexity index is 729. The Balaban J connectivity index is 2.37. The van der Waals surface area contributed by atoms with Gasteiger partial charge in [0.2, 0.25) is 0 Å². The number of hydrogen-bond acceptors (Lipinski definition) is 3. The van der Waals surface area contributed by atoms with E-state index in [1.165, 1.54) is 5.57 Å². The number of ether oxygens (including phenoxy) is 1. The summed E-state index contributed by atoms with van der Waals surface area (Å²) in [5, 5.41) is 20.2. The van der Waals surface area contributed by atoms with Gasteiger partial charge in [0.15, 0.2) is 0 Å². The molecule has 1 aromatic rings. The molecule has 0 bridgehead atoms. The highest BCUT2D eigenvalue weighted by atomic mass is 16.5. The van der Waals surface area contributed by atoms with Crippen LogP contribution in [-0.2, 0) is 5.41 Å². The van der Waals surface area contributed by atoms with Crippen LogP contribution < -0.4 is 4.74 Å². The first-order valence-electron chi connectivity index (χ1n) is 8.05. The fourth-order valence-corrected chi connectivity index (χ4v) is 4.67. The first kappa shape index (κ1) is 15.9. The van der Waals surface area contributed by atoms with Crippen LogP contribution in [-0.4, -0.2) is 21.8 Å². The van der Waals surface area contributed by atoms with E-state index < -0.39 is 11.4 Å². The largest absolute Gasteiger partial charge is 0.507 e. The summed E-state index contributed by atoms with van der Waals surface area (Å²) in [7, 11) is 0. The number of aromatic hydroxyl groups is 1. The molecule has 1 aromatic carbocycles. The second-order valence-corrected chi connectivity index (χ2v) is 7.67. The van der Waals surface area contributed by atoms with Crippen molar-refractivity contribution >= 4 is 5.97 Å². The van der Waals surface area contributed by atoms with Gasteiger partial charge in [-0.05, 0) is 52.2 Å². The van der Waals surface area contributed by atoms with Crippen molar-refractivity contribution in [3.8, 4) is 11.5 Å². The fourth-order valence-electron chi connectivity index (χ4n) is 4.67. The second-order valence-electron chi connectivity index (χ2n) is 7.67. The van der Waals surface area contributed by atoms with Crippen LogP contribution in [0.4, 0.5) is 0 Å². The molecule has 1 aliphatic heterocycles. The molecule has 2 atom stereocenters. The number of fused-ring (bicyclic) bond motifs is 3. The van der Waals surface area contributed by atoms with E-state index in [2.05, 4.69) is 33.8 Å². The zero-order chi connectivity index (χ0) is 17.2. The van der Waals surface area contributed by atoms with Gasteiger partial charge in [-0.2, -0.15) is 0 Å². The average Bonchev–Trinajstić information content (AvgIpc) is 2.34. The van der Waals surface area contributed by atoms with Gasteiger partial charge >= 0.3 is 5.97 Å². The van der Waals surface area contributed by atoms with Gasteiger partial charge < -0.3 is 14.9 Å². The van der Waals surface area contributed by atoms with Gasteiger partial charge in [0.05, 0.1) is 0 Å². The minimum absolute atomic E-state index is 0.0244. The van der Waals surface area contributed by atoms with Gasteiger partial charge in [-0.1, -0.05) is 18.6 Å². The van der Waals surface area contributed by atoms with Gasteiger partial charge in [0.25, 0.3) is 0 Å². The number of carboxylic acids is 1. The van der Waals surface area contributed by atoms with Gasteiger partial charge in [0.1, 0.15) is 22.7 Å². The SMILES string of the molecule is CC1=CC2(C)c3c(cc(C)c(C(=O)O)c3O)OC(C)(C)[C@@H]2CC1. The van der Waals surface area contributed by atoms with Crippen LogP contribution >= 0.6 is 0 Å². The lowest BCUT2D eigenvalue weighted by atomic mass is 9.58. The summed E-state index contributed by atoms with van der Waals surface area (Å²) in [6.07, 6.45) is 4.15. The first-order chi connectivity index (χ1) is 10.6. The van der Waals surface area contributed by atoms with Gasteiger partial charge in [-0.3, -0.25) is 0 Å². The molecule has 0 fully saturated rings. The number of hydrogen-bond donors (Lipinski definition) is 2. The van der Waals surface area contributed by atoms with Crippen molar-refractivity contribution in [2.75, 3.05) is 0 Å². The standard InChI is InChI=1S/C19H24O4/c1-10-6-7-13-18(3,4)23-12-8-11(2)14(17(21)22)16(20)15(12)19(13,5)9-10/h8-9,13,20H,6-7H2,1-5H3,(H,21,22)/t13-,19?/m0/s1. The van der Waals surface area contributed by atoms with Crippen LogP contribution in [0.1, 0.15) is 62.0 Å². The van der Waals surface area contributed by atoms with Crippen molar-refractivity contribution in [2.24, 2.45) is 5.92 Å². The fraction of sp³-hybridized carbons (Fsp3) is 0.526. The minimum atomic E-state index is -1.11. The molecule has 1 aliphatic carbocycles. The van der Waals surface area contributed by atoms with E-state index in [9.17, 15) is 15.0 Å². The highest BCUT2D eigenvalue weighted by molar-refractivity contribution is 5.94. The van der Waals surface area contributed by atoms with E-state index in [0.717, 1.165) is 12.8 Å². The average molecular weight is 316 g/mol. The van der Waals surface area contributed by atoms with E-state index in [4.69, 9.17) is 4.74 Å². The quantitative estimate of drug-likeness (QED) is 0.763. The summed E-state index contributed by atoms with van der Waals surface area (Å²) in [4.78, 5) is 11.6. The molecule has 2 N–H and O–H groups in total. The predicted octanol–water partition coefficient (Wildman–Crippen LogP) is 4.18. The van der Waals surface area contributed by atoms with E-state index in [-0.39, 0.29) is 22.8 Å². The van der Waals surface area contributed by atoms with Crippen molar-refractivity contribution in [3.05, 3.63) is 34.4 Å². The summed E-state index contributed by atoms with van der Waals surface area (Å²) in [6, 6.07) is 1.75. The molecule has 0 spiro atoms. The van der Waals surface area contributed by atoms with E-state index in [1.54, 1.807) is 13.0 Å². The molecule has 4 heteroatoms. The topological polar surface area (TPSA) is 66.8 Å². The van der Waals surface area contributed by atoms with E-state index in [0.29, 0.717) is 16.9 Å². The number of benzene rings is 1. The number of carboxylic acid groups (broad SMARTS) is 1. The minimum Gasteiger partial charge on any atom is -0.507 e. The number of allylic oxidation sites excluding steroid dienone is 2. The Kier molecular flexibility index (Phi) is 3.29. The Hall–Kier alpha value is -1.97. The lowest BCUT2D eigenvalue weighted by Gasteiger charge is -2.52. The Morgan fingerprint density at radius 3 is 2.57 bits per heavy atom. The van der Waals surface area contributed by atoms with Crippen LogP contribution in [0.25, 0.3) is 0 Å². The van der Waals surface area contributed by atoms with Crippen LogP contribution in [0.2, 0.25) is 0 Å². The summed E-state index contributed by atoms with van der Waals surface area (Å²) in [5.41, 5.74) is 1.57. The van der Waals surface area contributed by atoms with E-state index in [1.807, 2.05) is 0 Å². The molecule has 3 rings (SSSR count). The molecule has 0 saturated heterocycles. The van der Waals surface area contributed by atoms with Crippen molar-refractivity contribution in [2.45, 2.75) is 58.5 Å². The predicted molar refractivity (Wildman–Crippen MR) is 88.3 cm³/mol. The summed E-state index contributed by atoms with van der Waals surface area (Å²) in [5.74, 6) is -0.480. The van der Waals surface area contributed by atoms with Crippen LogP contribution in [0.3, 0.4) is 0 Å². The van der Waals surface area contributed by atoms with Crippen LogP contribution in [0.5, 0.6) is 11.5 Å². The monoisotopic (exact) mass is 316 g/mol. The van der Waals surface area contributed by atoms with Gasteiger partial charge in [-0.15, -0.1) is 0 Å². The summed E-state index contributed by atoms with van der Waals surface area (Å²) >= 11 is 0. The number of aryl methyl sites for hydroxylation is 1. The van der Waals surface area contributed by atoms with Crippen molar-refractivity contribution in [3.63, 3.8) is 0 Å². The highest BCUT2D eigenvalue weighted by Gasteiger charge is 2.53. The molecule has 23 heavy (non-hydrogen) atoms. The van der Waals surface area contributed by atoms with Gasteiger partial charge in [0, 0.05) is 16.9 Å². The maximum absolute atomic E-state index is 11.6. The molecular weight excluding hydrogens is 292 g/mol. The van der Waals surface area contributed by atoms with E-state index >= 15 is 0 Å². The Labute approximate surface area is 136 Å². The maximum Gasteiger partial charge on any atom is 0.339 e. The van der Waals surface area contributed by atoms with Crippen molar-refractivity contribution in [1.29, 1.82) is 0 Å². The molecule has 0 saturated carbocycles. The molecule has 0 amide bonds. The lowest BCUT2D eigenvalue weighted by Crippen LogP contribution is -2.53. The third-order valence-electron chi connectivity index (χ3n) is 5.52. The molecule has 1 heterocycles. The highest BCUT2D eigenvalue weighted by Crippen LogP contribution is 2.57. The normalized spacial score (nSPS) is 28.2. The molecule has 0 radical (unpaired) electrons. The Morgan fingerprint density at radius 1 is 1.30 bits per heavy atom. The third-order valence-corrected chi connectivity index (χ3v) is 5.52. The number of carbonyl (C=O) groups is 1. The molecule has 0 aromatic heterocycles. The zero-order valence-corrected chi connectivity index (χ0v) is 14.4. The molecule has 124 valence electrons. The van der Waals surface area contributed by atoms with Crippen LogP contribution in [0, 0.1) is 12.8 Å². The third kappa shape index (κ3) is 2.15. The molecular formula is C19H24O4. The van der Waals surface area contributed by atoms with Crippen molar-refractivity contribution < 1.29 is 19.7 Å². The molecule has 1 unspecified atom stereocenters. The smallest absolute Gasteiger partial charge is 0.339 e. The van der Waals surface area contributed by atoms with Gasteiger partial charge in [-0.25, -0.2) is 4.79 Å². The lowest BCUT2D eigenvalue weighted by molar-refractivity contribution is -0.0145. The second kappa shape index (κ2) is 4.76. The number of phenols is 1. The first-order valence-corrected chi connectivity index (χ1v) is 8.05. The number of rotatable bonds is 1. The molecule has 2 aliphatic rings.